The second kappa shape index (κ2) is 5.25. The molecule has 0 spiro atoms. The number of fused-ring (bicyclic) bond motifs is 1. The molecule has 7 nitrogen and oxygen atoms in total. The van der Waals surface area contributed by atoms with Crippen LogP contribution >= 0.6 is 11.3 Å². The number of nitrogens with two attached hydrogens (primary N) is 3. The molecule has 0 saturated carbocycles. The van der Waals surface area contributed by atoms with E-state index in [1.54, 1.807) is 11.3 Å². The predicted octanol–water partition coefficient (Wildman–Crippen LogP) is 1.28. The van der Waals surface area contributed by atoms with Crippen LogP contribution in [0.1, 0.15) is 0 Å². The molecule has 2 aromatic heterocycles. The largest absolute Gasteiger partial charge is 0.370 e. The number of rotatable bonds is 2. The average Bonchev–Trinajstić information content (AvgIpc) is 2.99. The van der Waals surface area contributed by atoms with E-state index in [2.05, 4.69) is 15.0 Å². The van der Waals surface area contributed by atoms with Crippen molar-refractivity contribution in [1.82, 2.24) is 9.38 Å². The second-order valence-corrected chi connectivity index (χ2v) is 5.15. The molecule has 3 aromatic rings. The number of nitrogens with zero attached hydrogens (tertiary/aromatic N) is 4. The molecule has 0 saturated heterocycles. The van der Waals surface area contributed by atoms with Crippen LogP contribution in [0.4, 0.5) is 5.69 Å². The maximum atomic E-state index is 5.58. The van der Waals surface area contributed by atoms with Crippen LogP contribution in [0.15, 0.2) is 52.0 Å². The van der Waals surface area contributed by atoms with Crippen molar-refractivity contribution in [3.05, 3.63) is 42.0 Å². The van der Waals surface area contributed by atoms with E-state index in [1.807, 2.05) is 46.4 Å². The molecule has 0 aliphatic heterocycles. The Morgan fingerprint density at radius 2 is 1.90 bits per heavy atom. The molecular formula is C13H13N7S. The fourth-order valence-electron chi connectivity index (χ4n) is 1.86. The van der Waals surface area contributed by atoms with Gasteiger partial charge in [0.1, 0.15) is 0 Å². The lowest BCUT2D eigenvalue weighted by Crippen LogP contribution is -2.26. The highest BCUT2D eigenvalue weighted by Crippen LogP contribution is 2.23. The molecule has 0 atom stereocenters. The Bertz CT molecular complexity index is 793. The number of thiazole rings is 1. The van der Waals surface area contributed by atoms with Crippen molar-refractivity contribution in [2.24, 2.45) is 27.2 Å². The first-order chi connectivity index (χ1) is 10.1. The monoisotopic (exact) mass is 299 g/mol. The van der Waals surface area contributed by atoms with Crippen LogP contribution in [0.5, 0.6) is 0 Å². The van der Waals surface area contributed by atoms with Crippen molar-refractivity contribution in [2.45, 2.75) is 0 Å². The minimum absolute atomic E-state index is 0.0188. The summed E-state index contributed by atoms with van der Waals surface area (Å²) in [5.74, 6) is -0.101. The highest BCUT2D eigenvalue weighted by molar-refractivity contribution is 7.15. The first-order valence-electron chi connectivity index (χ1n) is 6.08. The zero-order chi connectivity index (χ0) is 14.8. The second-order valence-electron chi connectivity index (χ2n) is 4.27. The summed E-state index contributed by atoms with van der Waals surface area (Å²) in [4.78, 5) is 13.3. The topological polar surface area (TPSA) is 120 Å². The molecule has 0 amide bonds. The molecule has 0 bridgehead atoms. The van der Waals surface area contributed by atoms with Crippen LogP contribution in [-0.2, 0) is 0 Å². The lowest BCUT2D eigenvalue weighted by molar-refractivity contribution is 1.23. The van der Waals surface area contributed by atoms with Gasteiger partial charge >= 0.3 is 0 Å². The zero-order valence-electron chi connectivity index (χ0n) is 11.0. The van der Waals surface area contributed by atoms with Crippen molar-refractivity contribution < 1.29 is 0 Å². The molecule has 21 heavy (non-hydrogen) atoms. The Kier molecular flexibility index (Phi) is 3.28. The van der Waals surface area contributed by atoms with E-state index in [0.717, 1.165) is 16.2 Å². The quantitative estimate of drug-likeness (QED) is 0.487. The standard InChI is InChI=1S/C13H13N7S/c14-11(15)19-12(16)17-9-3-1-8(2-4-9)10-7-20-5-6-21-13(20)18-10/h1-7H,(H6,14,15,16,17,19). The highest BCUT2D eigenvalue weighted by Gasteiger charge is 2.05. The van der Waals surface area contributed by atoms with Gasteiger partial charge in [0.25, 0.3) is 0 Å². The van der Waals surface area contributed by atoms with Gasteiger partial charge in [-0.3, -0.25) is 4.40 Å². The van der Waals surface area contributed by atoms with Crippen molar-refractivity contribution in [2.75, 3.05) is 0 Å². The summed E-state index contributed by atoms with van der Waals surface area (Å²) >= 11 is 1.60. The van der Waals surface area contributed by atoms with Crippen molar-refractivity contribution in [3.63, 3.8) is 0 Å². The first kappa shape index (κ1) is 13.1. The third-order valence-electron chi connectivity index (χ3n) is 2.74. The predicted molar refractivity (Wildman–Crippen MR) is 85.6 cm³/mol. The molecule has 0 aliphatic rings. The van der Waals surface area contributed by atoms with E-state index < -0.39 is 0 Å². The molecule has 2 heterocycles. The van der Waals surface area contributed by atoms with Gasteiger partial charge in [0.15, 0.2) is 10.9 Å². The Balaban J connectivity index is 1.87. The summed E-state index contributed by atoms with van der Waals surface area (Å²) in [6.07, 6.45) is 3.96. The molecule has 8 heteroatoms. The Labute approximate surface area is 124 Å². The SMILES string of the molecule is NC(N)=NC(N)=Nc1ccc(-c2cn3ccsc3n2)cc1. The summed E-state index contributed by atoms with van der Waals surface area (Å²) in [5, 5.41) is 2.00. The summed E-state index contributed by atoms with van der Waals surface area (Å²) in [6, 6.07) is 7.51. The third kappa shape index (κ3) is 2.84. The number of aromatic nitrogens is 2. The van der Waals surface area contributed by atoms with E-state index in [0.29, 0.717) is 5.69 Å². The zero-order valence-corrected chi connectivity index (χ0v) is 11.8. The minimum atomic E-state index is -0.119. The summed E-state index contributed by atoms with van der Waals surface area (Å²) in [7, 11) is 0. The Morgan fingerprint density at radius 3 is 2.57 bits per heavy atom. The molecule has 1 aromatic carbocycles. The molecular weight excluding hydrogens is 286 g/mol. The normalized spacial score (nSPS) is 11.7. The minimum Gasteiger partial charge on any atom is -0.370 e. The lowest BCUT2D eigenvalue weighted by Gasteiger charge is -1.99. The summed E-state index contributed by atoms with van der Waals surface area (Å²) in [5.41, 5.74) is 18.6. The number of imidazole rings is 1. The summed E-state index contributed by atoms with van der Waals surface area (Å²) in [6.45, 7) is 0. The molecule has 0 unspecified atom stereocenters. The smallest absolute Gasteiger partial charge is 0.223 e. The number of guanidine groups is 2. The van der Waals surface area contributed by atoms with Gasteiger partial charge in [-0.1, -0.05) is 12.1 Å². The highest BCUT2D eigenvalue weighted by atomic mass is 32.1. The van der Waals surface area contributed by atoms with Crippen LogP contribution < -0.4 is 17.2 Å². The number of hydrogen-bond acceptors (Lipinski definition) is 3. The summed E-state index contributed by atoms with van der Waals surface area (Å²) < 4.78 is 1.99. The Morgan fingerprint density at radius 1 is 1.14 bits per heavy atom. The lowest BCUT2D eigenvalue weighted by atomic mass is 10.1. The maximum absolute atomic E-state index is 5.58. The fraction of sp³-hybridized carbons (Fsp3) is 0. The third-order valence-corrected chi connectivity index (χ3v) is 3.51. The van der Waals surface area contributed by atoms with Gasteiger partial charge in [-0.25, -0.2) is 9.98 Å². The van der Waals surface area contributed by atoms with Crippen molar-refractivity contribution in [1.29, 1.82) is 0 Å². The van der Waals surface area contributed by atoms with Gasteiger partial charge in [-0.2, -0.15) is 4.99 Å². The van der Waals surface area contributed by atoms with E-state index >= 15 is 0 Å². The van der Waals surface area contributed by atoms with Crippen LogP contribution in [0.25, 0.3) is 16.2 Å². The van der Waals surface area contributed by atoms with Crippen molar-refractivity contribution >= 4 is 33.9 Å². The number of hydrogen-bond donors (Lipinski definition) is 3. The van der Waals surface area contributed by atoms with Gasteiger partial charge in [0.2, 0.25) is 5.96 Å². The van der Waals surface area contributed by atoms with Gasteiger partial charge < -0.3 is 17.2 Å². The van der Waals surface area contributed by atoms with Gasteiger partial charge in [-0.15, -0.1) is 11.3 Å². The Hall–Kier alpha value is -2.87. The van der Waals surface area contributed by atoms with Crippen LogP contribution in [0.3, 0.4) is 0 Å². The number of aliphatic imine (C=N–C) groups is 2. The van der Waals surface area contributed by atoms with Gasteiger partial charge in [-0.05, 0) is 12.1 Å². The first-order valence-corrected chi connectivity index (χ1v) is 6.96. The molecule has 0 aliphatic carbocycles. The van der Waals surface area contributed by atoms with Gasteiger partial charge in [0, 0.05) is 23.3 Å². The van der Waals surface area contributed by atoms with Crippen molar-refractivity contribution in [3.8, 4) is 11.3 Å². The van der Waals surface area contributed by atoms with E-state index in [1.165, 1.54) is 0 Å². The molecule has 0 fully saturated rings. The fourth-order valence-corrected chi connectivity index (χ4v) is 2.56. The average molecular weight is 299 g/mol. The van der Waals surface area contributed by atoms with Crippen LogP contribution in [0.2, 0.25) is 0 Å². The maximum Gasteiger partial charge on any atom is 0.223 e. The molecule has 0 radical (unpaired) electrons. The molecule has 6 N–H and O–H groups in total. The molecule has 3 rings (SSSR count). The van der Waals surface area contributed by atoms with Crippen LogP contribution in [-0.4, -0.2) is 21.3 Å². The number of benzene rings is 1. The van der Waals surface area contributed by atoms with E-state index in [9.17, 15) is 0 Å². The van der Waals surface area contributed by atoms with E-state index in [-0.39, 0.29) is 11.9 Å². The van der Waals surface area contributed by atoms with Gasteiger partial charge in [0.05, 0.1) is 11.4 Å². The van der Waals surface area contributed by atoms with E-state index in [4.69, 9.17) is 17.2 Å². The molecule has 106 valence electrons. The van der Waals surface area contributed by atoms with Crippen LogP contribution in [0, 0.1) is 0 Å².